The molecule has 4 unspecified atom stereocenters. The van der Waals surface area contributed by atoms with Gasteiger partial charge in [-0.15, -0.1) is 0 Å². The van der Waals surface area contributed by atoms with Crippen LogP contribution in [0.4, 0.5) is 4.39 Å². The van der Waals surface area contributed by atoms with E-state index in [1.807, 2.05) is 120 Å². The summed E-state index contributed by atoms with van der Waals surface area (Å²) in [5, 5.41) is 0. The van der Waals surface area contributed by atoms with Crippen LogP contribution in [0.25, 0.3) is 0 Å². The zero-order valence-corrected chi connectivity index (χ0v) is 36.3. The van der Waals surface area contributed by atoms with Gasteiger partial charge < -0.3 is 23.5 Å². The van der Waals surface area contributed by atoms with Crippen LogP contribution in [0.5, 0.6) is 17.2 Å². The summed E-state index contributed by atoms with van der Waals surface area (Å²) >= 11 is 0. The first-order valence-corrected chi connectivity index (χ1v) is 21.3. The molecule has 14 heteroatoms. The maximum absolute atomic E-state index is 16.1. The minimum atomic E-state index is -4.40. The van der Waals surface area contributed by atoms with Gasteiger partial charge in [-0.25, -0.2) is 13.8 Å². The standard InChI is InChI=1S/C46H52FN2O10P/c1-28-25-49(43(51)48-42(28)50)39-24-37(38(57-39)27-56-60(52)55-26-34-40(47)35(44(2,3)4)23-36(41(34)59-60)45(5,6)7)58-46(29-13-11-10-12-14-29,30-15-19-32(53-8)20-16-30)31-17-21-33(54-9)22-18-31/h10-23,25,37-39H,24,26-27H2,1-9H3,(H,48,50,51). The van der Waals surface area contributed by atoms with Crippen LogP contribution in [-0.4, -0.2) is 42.6 Å². The minimum Gasteiger partial charge on any atom is -0.497 e. The largest absolute Gasteiger partial charge is 0.530 e. The number of aromatic nitrogens is 2. The molecule has 4 aromatic carbocycles. The number of nitrogens with zero attached hydrogens (tertiary/aromatic N) is 1. The normalized spacial score (nSPS) is 20.7. The molecule has 2 aliphatic rings. The zero-order chi connectivity index (χ0) is 43.2. The molecule has 3 heterocycles. The molecule has 4 atom stereocenters. The van der Waals surface area contributed by atoms with Crippen molar-refractivity contribution in [1.82, 2.24) is 9.55 Å². The Morgan fingerprint density at radius 3 is 1.95 bits per heavy atom. The third kappa shape index (κ3) is 8.34. The number of hydrogen-bond acceptors (Lipinski definition) is 10. The lowest BCUT2D eigenvalue weighted by Crippen LogP contribution is -2.41. The fraction of sp³-hybridized carbons (Fsp3) is 0.391. The van der Waals surface area contributed by atoms with E-state index in [0.717, 1.165) is 16.7 Å². The van der Waals surface area contributed by atoms with Gasteiger partial charge in [-0.3, -0.25) is 23.4 Å². The Morgan fingerprint density at radius 1 is 0.833 bits per heavy atom. The summed E-state index contributed by atoms with van der Waals surface area (Å²) in [6.45, 7) is 12.5. The molecule has 60 heavy (non-hydrogen) atoms. The van der Waals surface area contributed by atoms with Crippen molar-refractivity contribution in [2.75, 3.05) is 20.8 Å². The number of halogens is 1. The van der Waals surface area contributed by atoms with Gasteiger partial charge in [0.05, 0.1) is 39.1 Å². The number of hydrogen-bond donors (Lipinski definition) is 1. The Bertz CT molecular complexity index is 2460. The number of H-pyrrole nitrogens is 1. The number of rotatable bonds is 11. The summed E-state index contributed by atoms with van der Waals surface area (Å²) in [6.07, 6.45) is -1.26. The monoisotopic (exact) mass is 842 g/mol. The number of methoxy groups -OCH3 is 2. The lowest BCUT2D eigenvalue weighted by Gasteiger charge is -2.39. The summed E-state index contributed by atoms with van der Waals surface area (Å²) in [6, 6.07) is 26.5. The van der Waals surface area contributed by atoms with Crippen LogP contribution >= 0.6 is 7.82 Å². The molecule has 5 aromatic rings. The molecular formula is C46H52FN2O10P. The molecule has 318 valence electrons. The Morgan fingerprint density at radius 2 is 1.40 bits per heavy atom. The molecule has 1 aromatic heterocycles. The predicted molar refractivity (Wildman–Crippen MR) is 225 cm³/mol. The van der Waals surface area contributed by atoms with Gasteiger partial charge in [0.2, 0.25) is 0 Å². The number of nitrogens with one attached hydrogen (secondary N) is 1. The fourth-order valence-corrected chi connectivity index (χ4v) is 8.97. The third-order valence-electron chi connectivity index (χ3n) is 11.0. The Labute approximate surface area is 349 Å². The van der Waals surface area contributed by atoms with E-state index in [4.69, 9.17) is 32.5 Å². The average molecular weight is 843 g/mol. The van der Waals surface area contributed by atoms with Gasteiger partial charge >= 0.3 is 13.5 Å². The Balaban J connectivity index is 1.31. The average Bonchev–Trinajstić information content (AvgIpc) is 3.62. The highest BCUT2D eigenvalue weighted by molar-refractivity contribution is 7.49. The minimum absolute atomic E-state index is 0.101. The molecule has 1 N–H and O–H groups in total. The van der Waals surface area contributed by atoms with Gasteiger partial charge in [0.1, 0.15) is 41.0 Å². The molecule has 0 aliphatic carbocycles. The Kier molecular flexibility index (Phi) is 11.8. The van der Waals surface area contributed by atoms with Crippen molar-refractivity contribution in [2.45, 2.75) is 96.4 Å². The quantitative estimate of drug-likeness (QED) is 0.101. The van der Waals surface area contributed by atoms with Gasteiger partial charge in [0.15, 0.2) is 0 Å². The maximum atomic E-state index is 16.1. The first kappa shape index (κ1) is 43.1. The summed E-state index contributed by atoms with van der Waals surface area (Å²) in [5.74, 6) is 0.921. The van der Waals surface area contributed by atoms with E-state index in [0.29, 0.717) is 28.2 Å². The van der Waals surface area contributed by atoms with Crippen LogP contribution in [-0.2, 0) is 46.1 Å². The van der Waals surface area contributed by atoms with Gasteiger partial charge in [-0.1, -0.05) is 96.1 Å². The number of phosphoric acid groups is 1. The van der Waals surface area contributed by atoms with Crippen molar-refractivity contribution in [1.29, 1.82) is 0 Å². The molecule has 0 saturated carbocycles. The van der Waals surface area contributed by atoms with E-state index >= 15 is 4.39 Å². The summed E-state index contributed by atoms with van der Waals surface area (Å²) in [5.41, 5.74) is 0.331. The van der Waals surface area contributed by atoms with Crippen LogP contribution in [0.1, 0.15) is 93.1 Å². The van der Waals surface area contributed by atoms with Gasteiger partial charge in [0.25, 0.3) is 5.56 Å². The van der Waals surface area contributed by atoms with Crippen LogP contribution in [0.3, 0.4) is 0 Å². The molecule has 0 bridgehead atoms. The van der Waals surface area contributed by atoms with Gasteiger partial charge in [0, 0.05) is 23.7 Å². The molecule has 1 fully saturated rings. The van der Waals surface area contributed by atoms with E-state index in [-0.39, 0.29) is 30.9 Å². The molecule has 0 spiro atoms. The molecule has 1 saturated heterocycles. The smallest absolute Gasteiger partial charge is 0.497 e. The van der Waals surface area contributed by atoms with E-state index in [1.54, 1.807) is 27.2 Å². The molecule has 2 aliphatic heterocycles. The highest BCUT2D eigenvalue weighted by Gasteiger charge is 2.48. The van der Waals surface area contributed by atoms with Crippen molar-refractivity contribution in [3.8, 4) is 17.2 Å². The number of fused-ring (bicyclic) bond motifs is 1. The highest BCUT2D eigenvalue weighted by atomic mass is 31.2. The molecule has 0 radical (unpaired) electrons. The lowest BCUT2D eigenvalue weighted by molar-refractivity contribution is -0.0990. The number of benzene rings is 4. The first-order valence-electron chi connectivity index (χ1n) is 19.8. The molecule has 12 nitrogen and oxygen atoms in total. The zero-order valence-electron chi connectivity index (χ0n) is 35.4. The second-order valence-corrected chi connectivity index (χ2v) is 18.8. The van der Waals surface area contributed by atoms with Crippen molar-refractivity contribution < 1.29 is 41.5 Å². The van der Waals surface area contributed by atoms with Crippen LogP contribution in [0, 0.1) is 12.7 Å². The maximum Gasteiger partial charge on any atom is 0.530 e. The predicted octanol–water partition coefficient (Wildman–Crippen LogP) is 9.00. The highest BCUT2D eigenvalue weighted by Crippen LogP contribution is 2.58. The van der Waals surface area contributed by atoms with E-state index in [1.165, 1.54) is 10.8 Å². The van der Waals surface area contributed by atoms with Crippen molar-refractivity contribution in [3.63, 3.8) is 0 Å². The lowest BCUT2D eigenvalue weighted by atomic mass is 9.78. The number of aromatic amines is 1. The fourth-order valence-electron chi connectivity index (χ4n) is 7.74. The van der Waals surface area contributed by atoms with Crippen molar-refractivity contribution >= 4 is 7.82 Å². The second kappa shape index (κ2) is 16.4. The second-order valence-electron chi connectivity index (χ2n) is 17.2. The topological polar surface area (TPSA) is 137 Å². The molecular weight excluding hydrogens is 790 g/mol. The van der Waals surface area contributed by atoms with E-state index < -0.39 is 59.8 Å². The van der Waals surface area contributed by atoms with Crippen LogP contribution in [0.15, 0.2) is 101 Å². The SMILES string of the molecule is COc1ccc(C(OC2CC(n3cc(C)c(=O)[nH]c3=O)OC2COP2(=O)OCc3c(F)c(C(C)(C)C)cc(C(C)(C)C)c3O2)(c2ccccc2)c2ccc(OC)cc2)cc1. The van der Waals surface area contributed by atoms with Gasteiger partial charge in [-0.05, 0) is 70.3 Å². The number of ether oxygens (including phenoxy) is 4. The Hall–Kier alpha value is -5.04. The number of phosphoric ester groups is 1. The number of aryl methyl sites for hydroxylation is 1. The summed E-state index contributed by atoms with van der Waals surface area (Å²) in [4.78, 5) is 28.0. The van der Waals surface area contributed by atoms with Crippen molar-refractivity contribution in [3.05, 3.63) is 157 Å². The molecule has 7 rings (SSSR count). The van der Waals surface area contributed by atoms with E-state index in [9.17, 15) is 14.2 Å². The third-order valence-corrected chi connectivity index (χ3v) is 12.3. The van der Waals surface area contributed by atoms with Gasteiger partial charge in [-0.2, -0.15) is 0 Å². The molecule has 0 amide bonds. The first-order chi connectivity index (χ1) is 28.4. The van der Waals surface area contributed by atoms with E-state index in [2.05, 4.69) is 4.98 Å². The summed E-state index contributed by atoms with van der Waals surface area (Å²) < 4.78 is 74.9. The summed E-state index contributed by atoms with van der Waals surface area (Å²) in [7, 11) is -1.22. The van der Waals surface area contributed by atoms with Crippen molar-refractivity contribution in [2.24, 2.45) is 0 Å². The van der Waals surface area contributed by atoms with Crippen LogP contribution < -0.4 is 25.2 Å². The van der Waals surface area contributed by atoms with Crippen LogP contribution in [0.2, 0.25) is 0 Å².